The Morgan fingerprint density at radius 1 is 0.711 bits per heavy atom. The van der Waals surface area contributed by atoms with Gasteiger partial charge in [-0.05, 0) is 138 Å². The number of aryl methyl sites for hydroxylation is 3. The molecule has 2 aliphatic rings. The zero-order chi connectivity index (χ0) is 31.5. The van der Waals surface area contributed by atoms with Gasteiger partial charge < -0.3 is 5.32 Å². The van der Waals surface area contributed by atoms with Crippen LogP contribution >= 0.6 is 0 Å². The Morgan fingerprint density at radius 2 is 1.38 bits per heavy atom. The van der Waals surface area contributed by atoms with Gasteiger partial charge in [-0.25, -0.2) is 0 Å². The molecule has 0 aromatic heterocycles. The molecule has 0 saturated carbocycles. The second-order valence-electron chi connectivity index (χ2n) is 13.0. The van der Waals surface area contributed by atoms with Crippen LogP contribution in [0, 0.1) is 6.92 Å². The number of fused-ring (bicyclic) bond motifs is 4. The van der Waals surface area contributed by atoms with E-state index in [1.54, 1.807) is 0 Å². The Balaban J connectivity index is 1.47. The Labute approximate surface area is 268 Å². The van der Waals surface area contributed by atoms with Crippen LogP contribution in [0.2, 0.25) is 13.1 Å². The highest BCUT2D eigenvalue weighted by atomic mass is 28.3. The maximum absolute atomic E-state index is 4.57. The largest absolute Gasteiger partial charge is 0.388 e. The molecule has 0 fully saturated rings. The molecule has 5 aromatic carbocycles. The quantitative estimate of drug-likeness (QED) is 0.157. The van der Waals surface area contributed by atoms with Gasteiger partial charge >= 0.3 is 0 Å². The van der Waals surface area contributed by atoms with Crippen LogP contribution < -0.4 is 10.5 Å². The number of nitrogens with zero attached hydrogens (tertiary/aromatic N) is 1. The molecule has 3 heteroatoms. The Hall–Kier alpha value is -4.47. The molecule has 0 amide bonds. The standard InChI is InChI=1S/C42H42N2Si/c1-8-31-33-12-10-11-13-34(33)32(9-2)39-23-28(16-19-35(31)39)27-15-14-26(3)38(22-27)42-36-20-17-29(43-4)24-40(36)45(6,7)41-25-30(44-5)18-21-37(41)42/h10-25,43H,8-9H2,1-7H3/b44-30+. The summed E-state index contributed by atoms with van der Waals surface area (Å²) in [5, 5.41) is 11.9. The number of allylic oxidation sites excluding steroid dienone is 5. The molecule has 2 nitrogen and oxygen atoms in total. The van der Waals surface area contributed by atoms with Crippen LogP contribution in [-0.2, 0) is 12.8 Å². The Kier molecular flexibility index (Phi) is 7.25. The lowest BCUT2D eigenvalue weighted by Gasteiger charge is -2.38. The third kappa shape index (κ3) is 4.56. The SMILES string of the molecule is CCc1c2ccccc2c(CC)c2cc(-c3ccc(C)c(C4=C5C=C/C(=N\C)C=C5[Si](C)(C)c5cc(NC)ccc54)c3)ccc12. The van der Waals surface area contributed by atoms with Gasteiger partial charge in [-0.3, -0.25) is 4.99 Å². The van der Waals surface area contributed by atoms with Crippen LogP contribution in [0.5, 0.6) is 0 Å². The van der Waals surface area contributed by atoms with E-state index in [1.807, 2.05) is 14.1 Å². The van der Waals surface area contributed by atoms with Crippen LogP contribution in [-0.4, -0.2) is 27.9 Å². The van der Waals surface area contributed by atoms with Gasteiger partial charge in [-0.15, -0.1) is 0 Å². The van der Waals surface area contributed by atoms with Crippen molar-refractivity contribution in [2.75, 3.05) is 19.4 Å². The van der Waals surface area contributed by atoms with Gasteiger partial charge in [0.25, 0.3) is 0 Å². The molecule has 5 aromatic rings. The number of hydrogen-bond acceptors (Lipinski definition) is 2. The highest BCUT2D eigenvalue weighted by Gasteiger charge is 2.39. The summed E-state index contributed by atoms with van der Waals surface area (Å²) in [6.07, 6.45) is 8.88. The molecule has 0 radical (unpaired) electrons. The number of hydrogen-bond donors (Lipinski definition) is 1. The van der Waals surface area contributed by atoms with E-state index < -0.39 is 8.07 Å². The van der Waals surface area contributed by atoms with E-state index >= 15 is 0 Å². The average Bonchev–Trinajstić information content (AvgIpc) is 3.07. The molecule has 45 heavy (non-hydrogen) atoms. The molecule has 0 saturated heterocycles. The van der Waals surface area contributed by atoms with Crippen LogP contribution in [0.3, 0.4) is 0 Å². The molecule has 224 valence electrons. The highest BCUT2D eigenvalue weighted by Crippen LogP contribution is 2.44. The van der Waals surface area contributed by atoms with Crippen molar-refractivity contribution < 1.29 is 0 Å². The minimum absolute atomic E-state index is 1.01. The van der Waals surface area contributed by atoms with Crippen molar-refractivity contribution in [3.8, 4) is 11.1 Å². The highest BCUT2D eigenvalue weighted by molar-refractivity contribution is 6.98. The lowest BCUT2D eigenvalue weighted by molar-refractivity contribution is 1.15. The minimum Gasteiger partial charge on any atom is -0.388 e. The summed E-state index contributed by atoms with van der Waals surface area (Å²) < 4.78 is 0. The third-order valence-electron chi connectivity index (χ3n) is 10.2. The maximum atomic E-state index is 4.57. The van der Waals surface area contributed by atoms with Gasteiger partial charge in [0.15, 0.2) is 0 Å². The average molecular weight is 603 g/mol. The fourth-order valence-electron chi connectivity index (χ4n) is 7.79. The first-order valence-corrected chi connectivity index (χ1v) is 19.3. The van der Waals surface area contributed by atoms with E-state index in [-0.39, 0.29) is 0 Å². The molecule has 7 rings (SSSR count). The fourth-order valence-corrected chi connectivity index (χ4v) is 10.9. The molecule has 0 spiro atoms. The van der Waals surface area contributed by atoms with Crippen molar-refractivity contribution in [2.24, 2.45) is 4.99 Å². The first kappa shape index (κ1) is 29.2. The van der Waals surface area contributed by atoms with Crippen LogP contribution in [0.15, 0.2) is 113 Å². The van der Waals surface area contributed by atoms with Crippen molar-refractivity contribution in [2.45, 2.75) is 46.7 Å². The van der Waals surface area contributed by atoms with Gasteiger partial charge in [-0.1, -0.05) is 87.6 Å². The number of nitrogens with one attached hydrogen (secondary N) is 1. The number of anilines is 1. The second-order valence-corrected chi connectivity index (χ2v) is 17.3. The van der Waals surface area contributed by atoms with E-state index in [0.717, 1.165) is 18.6 Å². The van der Waals surface area contributed by atoms with Gasteiger partial charge in [0, 0.05) is 19.8 Å². The predicted octanol–water partition coefficient (Wildman–Crippen LogP) is 9.97. The topological polar surface area (TPSA) is 24.4 Å². The summed E-state index contributed by atoms with van der Waals surface area (Å²) in [7, 11) is 1.92. The Morgan fingerprint density at radius 3 is 2.07 bits per heavy atom. The lowest BCUT2D eigenvalue weighted by Crippen LogP contribution is -2.49. The van der Waals surface area contributed by atoms with Gasteiger partial charge in [-0.2, -0.15) is 0 Å². The second kappa shape index (κ2) is 11.2. The van der Waals surface area contributed by atoms with E-state index in [2.05, 4.69) is 141 Å². The first-order chi connectivity index (χ1) is 21.8. The number of benzene rings is 5. The van der Waals surface area contributed by atoms with Crippen LogP contribution in [0.25, 0.3) is 38.2 Å². The molecular formula is C42H42N2Si. The summed E-state index contributed by atoms with van der Waals surface area (Å²) in [6, 6.07) is 30.1. The molecule has 1 heterocycles. The van der Waals surface area contributed by atoms with E-state index in [0.29, 0.717) is 0 Å². The summed E-state index contributed by atoms with van der Waals surface area (Å²) >= 11 is 0. The molecule has 1 aliphatic carbocycles. The van der Waals surface area contributed by atoms with Crippen molar-refractivity contribution in [1.82, 2.24) is 0 Å². The molecule has 0 atom stereocenters. The molecule has 0 bridgehead atoms. The first-order valence-electron chi connectivity index (χ1n) is 16.3. The Bertz CT molecular complexity index is 2160. The summed E-state index contributed by atoms with van der Waals surface area (Å²) in [5.74, 6) is 0. The number of aliphatic imine (C=N–C) groups is 1. The lowest BCUT2D eigenvalue weighted by atomic mass is 9.85. The molecule has 1 aliphatic heterocycles. The summed E-state index contributed by atoms with van der Waals surface area (Å²) in [4.78, 5) is 4.57. The minimum atomic E-state index is -1.99. The molecule has 1 N–H and O–H groups in total. The van der Waals surface area contributed by atoms with Crippen molar-refractivity contribution in [1.29, 1.82) is 0 Å². The summed E-state index contributed by atoms with van der Waals surface area (Å²) in [6.45, 7) is 11.8. The van der Waals surface area contributed by atoms with Gasteiger partial charge in [0.05, 0.1) is 5.71 Å². The van der Waals surface area contributed by atoms with E-state index in [4.69, 9.17) is 0 Å². The smallest absolute Gasteiger partial charge is 0.114 e. The maximum Gasteiger partial charge on any atom is 0.114 e. The number of rotatable bonds is 5. The fraction of sp³-hybridized carbons (Fsp3) is 0.214. The molecular weight excluding hydrogens is 561 g/mol. The van der Waals surface area contributed by atoms with Crippen molar-refractivity contribution >= 4 is 51.8 Å². The van der Waals surface area contributed by atoms with Crippen LogP contribution in [0.1, 0.15) is 41.7 Å². The van der Waals surface area contributed by atoms with E-state index in [1.165, 1.54) is 87.7 Å². The van der Waals surface area contributed by atoms with E-state index in [9.17, 15) is 0 Å². The zero-order valence-electron chi connectivity index (χ0n) is 27.6. The van der Waals surface area contributed by atoms with Crippen molar-refractivity contribution in [3.63, 3.8) is 0 Å². The van der Waals surface area contributed by atoms with Crippen LogP contribution in [0.4, 0.5) is 5.69 Å². The predicted molar refractivity (Wildman–Crippen MR) is 200 cm³/mol. The third-order valence-corrected chi connectivity index (χ3v) is 13.8. The monoisotopic (exact) mass is 602 g/mol. The van der Waals surface area contributed by atoms with Gasteiger partial charge in [0.1, 0.15) is 8.07 Å². The normalized spacial score (nSPS) is 16.2. The van der Waals surface area contributed by atoms with Crippen molar-refractivity contribution in [3.05, 3.63) is 136 Å². The molecule has 0 unspecified atom stereocenters. The zero-order valence-corrected chi connectivity index (χ0v) is 28.6. The summed E-state index contributed by atoms with van der Waals surface area (Å²) in [5.41, 5.74) is 14.3. The van der Waals surface area contributed by atoms with Gasteiger partial charge in [0.2, 0.25) is 0 Å².